The van der Waals surface area contributed by atoms with Crippen molar-refractivity contribution < 1.29 is 13.2 Å². The van der Waals surface area contributed by atoms with Gasteiger partial charge in [-0.2, -0.15) is 19.3 Å². The van der Waals surface area contributed by atoms with Crippen LogP contribution in [0.25, 0.3) is 5.69 Å². The Morgan fingerprint density at radius 3 is 2.46 bits per heavy atom. The Balaban J connectivity index is 1.43. The molecule has 9 nitrogen and oxygen atoms in total. The molecule has 0 spiro atoms. The summed E-state index contributed by atoms with van der Waals surface area (Å²) in [7, 11) is -3.84. The zero-order chi connectivity index (χ0) is 26.0. The van der Waals surface area contributed by atoms with Crippen LogP contribution in [-0.2, 0) is 10.0 Å². The van der Waals surface area contributed by atoms with Crippen molar-refractivity contribution in [3.8, 4) is 17.5 Å². The Morgan fingerprint density at radius 1 is 1.03 bits per heavy atom. The first-order chi connectivity index (χ1) is 17.9. The summed E-state index contributed by atoms with van der Waals surface area (Å²) in [6, 6.07) is 15.0. The molecule has 2 heterocycles. The van der Waals surface area contributed by atoms with E-state index in [4.69, 9.17) is 16.3 Å². The van der Waals surface area contributed by atoms with E-state index in [1.54, 1.807) is 42.6 Å². The minimum absolute atomic E-state index is 0.00184. The van der Waals surface area contributed by atoms with Crippen LogP contribution in [0.5, 0.6) is 5.75 Å². The van der Waals surface area contributed by atoms with Crippen LogP contribution in [0.4, 0.5) is 5.69 Å². The third-order valence-corrected chi connectivity index (χ3v) is 8.95. The summed E-state index contributed by atoms with van der Waals surface area (Å²) in [5.74, 6) is 0.216. The molecule has 1 aliphatic carbocycles. The van der Waals surface area contributed by atoms with Gasteiger partial charge >= 0.3 is 5.56 Å². The van der Waals surface area contributed by atoms with E-state index in [0.29, 0.717) is 29.5 Å². The maximum atomic E-state index is 13.6. The second kappa shape index (κ2) is 10.5. The number of sulfonamides is 1. The number of rotatable bonds is 6. The lowest BCUT2D eigenvalue weighted by molar-refractivity contribution is 0.205. The van der Waals surface area contributed by atoms with E-state index in [1.165, 1.54) is 21.1 Å². The predicted molar refractivity (Wildman–Crippen MR) is 140 cm³/mol. The van der Waals surface area contributed by atoms with Crippen LogP contribution in [0.2, 0.25) is 5.02 Å². The number of aromatic nitrogens is 2. The Hall–Kier alpha value is -3.39. The molecule has 0 amide bonds. The molecular weight excluding hydrogens is 514 g/mol. The number of ether oxygens (including phenoxy) is 1. The Kier molecular flexibility index (Phi) is 7.20. The Morgan fingerprint density at radius 2 is 1.76 bits per heavy atom. The lowest BCUT2D eigenvalue weighted by atomic mass is 10.2. The summed E-state index contributed by atoms with van der Waals surface area (Å²) in [5, 5.41) is 14.2. The fraction of sp³-hybridized carbons (Fsp3) is 0.346. The summed E-state index contributed by atoms with van der Waals surface area (Å²) in [5.41, 5.74) is 0.813. The van der Waals surface area contributed by atoms with Gasteiger partial charge in [-0.1, -0.05) is 29.8 Å². The molecule has 1 saturated carbocycles. The topological polar surface area (TPSA) is 109 Å². The van der Waals surface area contributed by atoms with E-state index in [2.05, 4.69) is 5.10 Å². The van der Waals surface area contributed by atoms with Gasteiger partial charge in [-0.3, -0.25) is 4.79 Å². The number of halogens is 1. The standard InChI is InChI=1S/C26H26ClN5O4S/c27-20-7-5-8-21(16-20)32-26(33)25(36-22-9-2-3-10-22)23(18-29-32)30-12-14-31(15-13-30)37(34,35)24-11-4-1-6-19(24)17-28/h1,4-8,11,16,18,22H,2-3,9-10,12-15H2. The summed E-state index contributed by atoms with van der Waals surface area (Å²) in [6.07, 6.45) is 5.40. The number of anilines is 1. The molecule has 192 valence electrons. The SMILES string of the molecule is N#Cc1ccccc1S(=O)(=O)N1CCN(c2cnn(-c3cccc(Cl)c3)c(=O)c2OC2CCCC2)CC1. The van der Waals surface area contributed by atoms with E-state index in [9.17, 15) is 18.5 Å². The van der Waals surface area contributed by atoms with Gasteiger partial charge in [0.25, 0.3) is 0 Å². The normalized spacial score (nSPS) is 17.0. The minimum atomic E-state index is -3.84. The van der Waals surface area contributed by atoms with E-state index in [0.717, 1.165) is 25.7 Å². The second-order valence-corrected chi connectivity index (χ2v) is 11.4. The van der Waals surface area contributed by atoms with E-state index < -0.39 is 10.0 Å². The molecular formula is C26H26ClN5O4S. The lowest BCUT2D eigenvalue weighted by Gasteiger charge is -2.36. The molecule has 2 aliphatic rings. The quantitative estimate of drug-likeness (QED) is 0.471. The van der Waals surface area contributed by atoms with Crippen LogP contribution >= 0.6 is 11.6 Å². The largest absolute Gasteiger partial charge is 0.483 e. The molecule has 1 aliphatic heterocycles. The molecule has 1 aromatic heterocycles. The molecule has 0 atom stereocenters. The predicted octanol–water partition coefficient (Wildman–Crippen LogP) is 3.59. The molecule has 0 N–H and O–H groups in total. The third kappa shape index (κ3) is 5.07. The van der Waals surface area contributed by atoms with Gasteiger partial charge in [-0.25, -0.2) is 8.42 Å². The number of piperazine rings is 1. The summed E-state index contributed by atoms with van der Waals surface area (Å²) in [4.78, 5) is 15.5. The van der Waals surface area contributed by atoms with Crippen LogP contribution in [0.1, 0.15) is 31.2 Å². The summed E-state index contributed by atoms with van der Waals surface area (Å²) in [6.45, 7) is 1.08. The van der Waals surface area contributed by atoms with Crippen molar-refractivity contribution in [2.75, 3.05) is 31.1 Å². The maximum absolute atomic E-state index is 13.6. The summed E-state index contributed by atoms with van der Waals surface area (Å²) < 4.78 is 35.4. The van der Waals surface area contributed by atoms with Crippen LogP contribution < -0.4 is 15.2 Å². The van der Waals surface area contributed by atoms with Crippen molar-refractivity contribution in [3.05, 3.63) is 75.7 Å². The molecule has 37 heavy (non-hydrogen) atoms. The number of hydrogen-bond acceptors (Lipinski definition) is 7. The Labute approximate surface area is 220 Å². The van der Waals surface area contributed by atoms with Crippen molar-refractivity contribution in [1.82, 2.24) is 14.1 Å². The monoisotopic (exact) mass is 539 g/mol. The first kappa shape index (κ1) is 25.3. The molecule has 2 fully saturated rings. The fourth-order valence-corrected chi connectivity index (χ4v) is 6.57. The average Bonchev–Trinajstić information content (AvgIpc) is 3.43. The van der Waals surface area contributed by atoms with Crippen molar-refractivity contribution in [3.63, 3.8) is 0 Å². The first-order valence-electron chi connectivity index (χ1n) is 12.2. The molecule has 2 aromatic carbocycles. The first-order valence-corrected chi connectivity index (χ1v) is 14.0. The highest BCUT2D eigenvalue weighted by atomic mass is 35.5. The van der Waals surface area contributed by atoms with Crippen molar-refractivity contribution in [1.29, 1.82) is 5.26 Å². The van der Waals surface area contributed by atoms with Gasteiger partial charge in [0.15, 0.2) is 0 Å². The molecule has 1 saturated heterocycles. The van der Waals surface area contributed by atoms with E-state index in [-0.39, 0.29) is 41.0 Å². The molecule has 11 heteroatoms. The Bertz CT molecular complexity index is 1500. The maximum Gasteiger partial charge on any atom is 0.316 e. The minimum Gasteiger partial charge on any atom is -0.483 e. The van der Waals surface area contributed by atoms with Crippen LogP contribution in [0.3, 0.4) is 0 Å². The molecule has 5 rings (SSSR count). The number of benzene rings is 2. The van der Waals surface area contributed by atoms with Gasteiger partial charge < -0.3 is 9.64 Å². The smallest absolute Gasteiger partial charge is 0.316 e. The van der Waals surface area contributed by atoms with Crippen LogP contribution in [0.15, 0.2) is 64.4 Å². The highest BCUT2D eigenvalue weighted by Gasteiger charge is 2.32. The highest BCUT2D eigenvalue weighted by molar-refractivity contribution is 7.89. The van der Waals surface area contributed by atoms with Gasteiger partial charge in [0.2, 0.25) is 15.8 Å². The second-order valence-electron chi connectivity index (χ2n) is 9.08. The molecule has 3 aromatic rings. The van der Waals surface area contributed by atoms with Gasteiger partial charge in [-0.05, 0) is 56.0 Å². The third-order valence-electron chi connectivity index (χ3n) is 6.76. The van der Waals surface area contributed by atoms with Gasteiger partial charge in [0.1, 0.15) is 11.8 Å². The van der Waals surface area contributed by atoms with Gasteiger partial charge in [0.05, 0.1) is 28.4 Å². The van der Waals surface area contributed by atoms with Crippen molar-refractivity contribution in [2.45, 2.75) is 36.7 Å². The zero-order valence-electron chi connectivity index (χ0n) is 20.1. The van der Waals surface area contributed by atoms with Crippen LogP contribution in [-0.4, -0.2) is 54.8 Å². The van der Waals surface area contributed by atoms with Crippen molar-refractivity contribution >= 4 is 27.3 Å². The van der Waals surface area contributed by atoms with E-state index >= 15 is 0 Å². The lowest BCUT2D eigenvalue weighted by Crippen LogP contribution is -2.49. The van der Waals surface area contributed by atoms with Crippen molar-refractivity contribution in [2.24, 2.45) is 0 Å². The average molecular weight is 540 g/mol. The number of hydrogen-bond donors (Lipinski definition) is 0. The molecule has 0 bridgehead atoms. The van der Waals surface area contributed by atoms with Gasteiger partial charge in [0, 0.05) is 31.2 Å². The highest BCUT2D eigenvalue weighted by Crippen LogP contribution is 2.31. The summed E-state index contributed by atoms with van der Waals surface area (Å²) >= 11 is 6.14. The zero-order valence-corrected chi connectivity index (χ0v) is 21.7. The van der Waals surface area contributed by atoms with Gasteiger partial charge in [-0.15, -0.1) is 0 Å². The fourth-order valence-electron chi connectivity index (χ4n) is 4.82. The van der Waals surface area contributed by atoms with Crippen LogP contribution in [0, 0.1) is 11.3 Å². The molecule has 0 radical (unpaired) electrons. The molecule has 0 unspecified atom stereocenters. The van der Waals surface area contributed by atoms with E-state index in [1.807, 2.05) is 11.0 Å². The number of nitriles is 1. The number of nitrogens with zero attached hydrogens (tertiary/aromatic N) is 5.